The summed E-state index contributed by atoms with van der Waals surface area (Å²) >= 11 is 0. The highest BCUT2D eigenvalue weighted by Crippen LogP contribution is 1.95. The van der Waals surface area contributed by atoms with Gasteiger partial charge in [0.25, 0.3) is 0 Å². The van der Waals surface area contributed by atoms with E-state index >= 15 is 0 Å². The number of rotatable bonds is 5. The van der Waals surface area contributed by atoms with E-state index in [1.807, 2.05) is 25.9 Å². The fraction of sp³-hybridized carbons (Fsp3) is 0.800. The van der Waals surface area contributed by atoms with E-state index < -0.39 is 11.9 Å². The van der Waals surface area contributed by atoms with Crippen LogP contribution in [0.2, 0.25) is 0 Å². The number of nitrogens with zero attached hydrogens (tertiary/aromatic N) is 2. The van der Waals surface area contributed by atoms with Crippen LogP contribution in [0, 0.1) is 0 Å². The summed E-state index contributed by atoms with van der Waals surface area (Å²) in [5, 5.41) is 0. The number of likely N-dealkylation sites (N-methyl/N-ethyl adjacent to an activating group) is 1. The molecule has 0 atom stereocenters. The van der Waals surface area contributed by atoms with Gasteiger partial charge in [0.15, 0.2) is 0 Å². The number of methoxy groups -OCH3 is 1. The molecule has 5 heteroatoms. The Morgan fingerprint density at radius 3 is 2.13 bits per heavy atom. The molecule has 0 aromatic heterocycles. The average molecular weight is 216 g/mol. The summed E-state index contributed by atoms with van der Waals surface area (Å²) in [5.41, 5.74) is 0. The van der Waals surface area contributed by atoms with Gasteiger partial charge in [-0.25, -0.2) is 4.79 Å². The number of amides is 1. The summed E-state index contributed by atoms with van der Waals surface area (Å²) < 4.78 is 4.40. The summed E-state index contributed by atoms with van der Waals surface area (Å²) in [6.07, 6.45) is 0.830. The molecule has 0 aromatic carbocycles. The molecule has 0 rings (SSSR count). The predicted octanol–water partition coefficient (Wildman–Crippen LogP) is -0.0404. The highest BCUT2D eigenvalue weighted by Gasteiger charge is 2.21. The third-order valence-corrected chi connectivity index (χ3v) is 1.96. The zero-order valence-corrected chi connectivity index (χ0v) is 9.95. The Morgan fingerprint density at radius 1 is 1.13 bits per heavy atom. The van der Waals surface area contributed by atoms with E-state index in [-0.39, 0.29) is 0 Å². The van der Waals surface area contributed by atoms with E-state index in [1.165, 1.54) is 12.0 Å². The number of esters is 1. The van der Waals surface area contributed by atoms with Gasteiger partial charge in [0.1, 0.15) is 0 Å². The number of hydrogen-bond donors (Lipinski definition) is 0. The van der Waals surface area contributed by atoms with Crippen LogP contribution in [0.3, 0.4) is 0 Å². The molecule has 0 aliphatic heterocycles. The van der Waals surface area contributed by atoms with Crippen LogP contribution >= 0.6 is 0 Å². The van der Waals surface area contributed by atoms with E-state index in [4.69, 9.17) is 0 Å². The molecule has 0 aliphatic carbocycles. The highest BCUT2D eigenvalue weighted by molar-refractivity contribution is 6.32. The first kappa shape index (κ1) is 13.9. The van der Waals surface area contributed by atoms with Gasteiger partial charge >= 0.3 is 11.9 Å². The lowest BCUT2D eigenvalue weighted by Gasteiger charge is -2.22. The van der Waals surface area contributed by atoms with E-state index in [9.17, 15) is 9.59 Å². The fourth-order valence-corrected chi connectivity index (χ4v) is 1.12. The summed E-state index contributed by atoms with van der Waals surface area (Å²) in [5.74, 6) is -1.34. The normalized spacial score (nSPS) is 10.2. The van der Waals surface area contributed by atoms with Crippen molar-refractivity contribution in [3.8, 4) is 0 Å². The molecule has 0 N–H and O–H groups in total. The third kappa shape index (κ3) is 5.37. The monoisotopic (exact) mass is 216 g/mol. The lowest BCUT2D eigenvalue weighted by Crippen LogP contribution is -2.41. The first-order chi connectivity index (χ1) is 7.02. The molecule has 0 bridgehead atoms. The summed E-state index contributed by atoms with van der Waals surface area (Å²) in [6.45, 7) is 3.84. The second kappa shape index (κ2) is 7.23. The van der Waals surface area contributed by atoms with E-state index in [0.717, 1.165) is 13.0 Å². The van der Waals surface area contributed by atoms with Gasteiger partial charge < -0.3 is 14.5 Å². The van der Waals surface area contributed by atoms with Gasteiger partial charge in [0.05, 0.1) is 7.11 Å². The minimum atomic E-state index is -0.790. The van der Waals surface area contributed by atoms with Crippen LogP contribution < -0.4 is 0 Å². The Balaban J connectivity index is 4.24. The Hall–Kier alpha value is -1.10. The maximum absolute atomic E-state index is 11.5. The molecule has 0 radical (unpaired) electrons. The molecule has 0 spiro atoms. The van der Waals surface area contributed by atoms with Crippen molar-refractivity contribution in [2.75, 3.05) is 40.8 Å². The van der Waals surface area contributed by atoms with Crippen LogP contribution in [-0.2, 0) is 14.3 Å². The van der Waals surface area contributed by atoms with Crippen molar-refractivity contribution in [1.82, 2.24) is 9.80 Å². The molecular weight excluding hydrogens is 196 g/mol. The minimum Gasteiger partial charge on any atom is -0.462 e. The van der Waals surface area contributed by atoms with E-state index in [0.29, 0.717) is 13.1 Å². The number of hydrogen-bond acceptors (Lipinski definition) is 4. The maximum Gasteiger partial charge on any atom is 0.396 e. The van der Waals surface area contributed by atoms with Crippen LogP contribution in [0.25, 0.3) is 0 Å². The molecular formula is C10H20N2O3. The van der Waals surface area contributed by atoms with Crippen molar-refractivity contribution in [2.45, 2.75) is 13.3 Å². The fourth-order valence-electron chi connectivity index (χ4n) is 1.12. The SMILES string of the molecule is CCCN(CCN(C)C)C(=O)C(=O)OC. The zero-order valence-electron chi connectivity index (χ0n) is 9.95. The average Bonchev–Trinajstić information content (AvgIpc) is 2.21. The van der Waals surface area contributed by atoms with Crippen LogP contribution in [0.15, 0.2) is 0 Å². The molecule has 0 saturated carbocycles. The van der Waals surface area contributed by atoms with Gasteiger partial charge in [0, 0.05) is 19.6 Å². The third-order valence-electron chi connectivity index (χ3n) is 1.96. The Bertz CT molecular complexity index is 217. The number of ether oxygens (including phenoxy) is 1. The second-order valence-corrected chi connectivity index (χ2v) is 3.59. The van der Waals surface area contributed by atoms with Gasteiger partial charge in [-0.15, -0.1) is 0 Å². The Kier molecular flexibility index (Phi) is 6.70. The first-order valence-corrected chi connectivity index (χ1v) is 5.04. The summed E-state index contributed by atoms with van der Waals surface area (Å²) in [4.78, 5) is 26.0. The lowest BCUT2D eigenvalue weighted by molar-refractivity contribution is -0.158. The first-order valence-electron chi connectivity index (χ1n) is 5.04. The largest absolute Gasteiger partial charge is 0.462 e. The summed E-state index contributed by atoms with van der Waals surface area (Å²) in [6, 6.07) is 0. The number of carbonyl (C=O) groups excluding carboxylic acids is 2. The van der Waals surface area contributed by atoms with Crippen molar-refractivity contribution in [2.24, 2.45) is 0 Å². The van der Waals surface area contributed by atoms with E-state index in [1.54, 1.807) is 0 Å². The van der Waals surface area contributed by atoms with Gasteiger partial charge in [-0.3, -0.25) is 4.79 Å². The Morgan fingerprint density at radius 2 is 1.73 bits per heavy atom. The molecule has 0 fully saturated rings. The van der Waals surface area contributed by atoms with E-state index in [2.05, 4.69) is 4.74 Å². The van der Waals surface area contributed by atoms with Gasteiger partial charge in [-0.05, 0) is 20.5 Å². The minimum absolute atomic E-state index is 0.550. The van der Waals surface area contributed by atoms with Gasteiger partial charge in [-0.2, -0.15) is 0 Å². The molecule has 88 valence electrons. The lowest BCUT2D eigenvalue weighted by atomic mass is 10.3. The quantitative estimate of drug-likeness (QED) is 0.478. The molecule has 0 heterocycles. The van der Waals surface area contributed by atoms with Crippen LogP contribution in [0.4, 0.5) is 0 Å². The zero-order chi connectivity index (χ0) is 11.8. The topological polar surface area (TPSA) is 49.9 Å². The van der Waals surface area contributed by atoms with Gasteiger partial charge in [0.2, 0.25) is 0 Å². The van der Waals surface area contributed by atoms with Crippen molar-refractivity contribution < 1.29 is 14.3 Å². The van der Waals surface area contributed by atoms with Crippen molar-refractivity contribution in [3.63, 3.8) is 0 Å². The standard InChI is InChI=1S/C10H20N2O3/c1-5-6-12(8-7-11(2)3)9(13)10(14)15-4/h5-8H2,1-4H3. The molecule has 0 aliphatic rings. The molecule has 1 amide bonds. The van der Waals surface area contributed by atoms with Gasteiger partial charge in [-0.1, -0.05) is 6.92 Å². The van der Waals surface area contributed by atoms with Crippen molar-refractivity contribution in [1.29, 1.82) is 0 Å². The molecule has 0 unspecified atom stereocenters. The van der Waals surface area contributed by atoms with Crippen LogP contribution in [0.5, 0.6) is 0 Å². The smallest absolute Gasteiger partial charge is 0.396 e. The summed E-state index contributed by atoms with van der Waals surface area (Å²) in [7, 11) is 5.07. The van der Waals surface area contributed by atoms with Crippen molar-refractivity contribution in [3.05, 3.63) is 0 Å². The predicted molar refractivity (Wildman–Crippen MR) is 57.4 cm³/mol. The molecule has 5 nitrogen and oxygen atoms in total. The Labute approximate surface area is 91.0 Å². The van der Waals surface area contributed by atoms with Crippen molar-refractivity contribution >= 4 is 11.9 Å². The molecule has 0 aromatic rings. The van der Waals surface area contributed by atoms with Crippen LogP contribution in [0.1, 0.15) is 13.3 Å². The highest BCUT2D eigenvalue weighted by atomic mass is 16.5. The molecule has 0 saturated heterocycles. The molecule has 15 heavy (non-hydrogen) atoms. The number of carbonyl (C=O) groups is 2. The maximum atomic E-state index is 11.5. The second-order valence-electron chi connectivity index (χ2n) is 3.59. The van der Waals surface area contributed by atoms with Crippen LogP contribution in [-0.4, -0.2) is 62.5 Å².